The van der Waals surface area contributed by atoms with E-state index in [9.17, 15) is 4.79 Å². The standard InChI is InChI=1S/C15H18N4O/c16-15(20)14-10-12-4-1-2-5-13(12)11-18(14)8-9-19-7-3-6-17-19/h1-7,14H,8-11H2,(H2,16,20)/t14-/m0/s1. The number of rotatable bonds is 4. The summed E-state index contributed by atoms with van der Waals surface area (Å²) in [5.74, 6) is -0.250. The maximum Gasteiger partial charge on any atom is 0.235 e. The van der Waals surface area contributed by atoms with Crippen LogP contribution in [0.25, 0.3) is 0 Å². The molecular formula is C15H18N4O. The highest BCUT2D eigenvalue weighted by Gasteiger charge is 2.29. The van der Waals surface area contributed by atoms with Crippen LogP contribution in [0.1, 0.15) is 11.1 Å². The minimum atomic E-state index is -0.250. The minimum Gasteiger partial charge on any atom is -0.368 e. The van der Waals surface area contributed by atoms with Crippen molar-refractivity contribution in [1.82, 2.24) is 14.7 Å². The Labute approximate surface area is 118 Å². The van der Waals surface area contributed by atoms with Gasteiger partial charge in [-0.15, -0.1) is 0 Å². The smallest absolute Gasteiger partial charge is 0.235 e. The fourth-order valence-electron chi connectivity index (χ4n) is 2.76. The molecule has 0 spiro atoms. The van der Waals surface area contributed by atoms with Gasteiger partial charge in [-0.05, 0) is 23.6 Å². The van der Waals surface area contributed by atoms with Gasteiger partial charge in [-0.3, -0.25) is 14.4 Å². The SMILES string of the molecule is NC(=O)[C@@H]1Cc2ccccc2CN1CCn1cccn1. The Morgan fingerprint density at radius 1 is 1.25 bits per heavy atom. The Balaban J connectivity index is 1.76. The van der Waals surface area contributed by atoms with Gasteiger partial charge in [0.25, 0.3) is 0 Å². The second-order valence-electron chi connectivity index (χ2n) is 5.13. The molecule has 1 aliphatic heterocycles. The monoisotopic (exact) mass is 270 g/mol. The first-order valence-electron chi connectivity index (χ1n) is 6.81. The fraction of sp³-hybridized carbons (Fsp3) is 0.333. The summed E-state index contributed by atoms with van der Waals surface area (Å²) in [6.45, 7) is 2.30. The van der Waals surface area contributed by atoms with Crippen LogP contribution in [-0.2, 0) is 24.3 Å². The van der Waals surface area contributed by atoms with E-state index in [0.717, 1.165) is 19.6 Å². The highest BCUT2D eigenvalue weighted by molar-refractivity contribution is 5.80. The molecule has 0 unspecified atom stereocenters. The Bertz CT molecular complexity index is 594. The van der Waals surface area contributed by atoms with Crippen molar-refractivity contribution in [2.75, 3.05) is 6.54 Å². The normalized spacial score (nSPS) is 18.7. The number of carbonyl (C=O) groups is 1. The van der Waals surface area contributed by atoms with Crippen LogP contribution in [-0.4, -0.2) is 33.2 Å². The molecule has 3 rings (SSSR count). The number of hydrogen-bond acceptors (Lipinski definition) is 3. The third-order valence-corrected chi connectivity index (χ3v) is 3.85. The zero-order chi connectivity index (χ0) is 13.9. The summed E-state index contributed by atoms with van der Waals surface area (Å²) in [5, 5.41) is 4.19. The lowest BCUT2D eigenvalue weighted by molar-refractivity contribution is -0.123. The third-order valence-electron chi connectivity index (χ3n) is 3.85. The fourth-order valence-corrected chi connectivity index (χ4v) is 2.76. The van der Waals surface area contributed by atoms with Gasteiger partial charge in [0.2, 0.25) is 5.91 Å². The van der Waals surface area contributed by atoms with Gasteiger partial charge in [-0.2, -0.15) is 5.10 Å². The second kappa shape index (κ2) is 5.46. The van der Waals surface area contributed by atoms with E-state index in [1.807, 2.05) is 29.1 Å². The molecule has 0 bridgehead atoms. The summed E-state index contributed by atoms with van der Waals surface area (Å²) < 4.78 is 1.87. The first-order chi connectivity index (χ1) is 9.74. The van der Waals surface area contributed by atoms with Gasteiger partial charge in [0.1, 0.15) is 0 Å². The van der Waals surface area contributed by atoms with E-state index in [2.05, 4.69) is 22.1 Å². The van der Waals surface area contributed by atoms with Crippen LogP contribution in [0, 0.1) is 0 Å². The molecule has 1 amide bonds. The van der Waals surface area contributed by atoms with Crippen molar-refractivity contribution in [3.8, 4) is 0 Å². The molecule has 1 aromatic heterocycles. The van der Waals surface area contributed by atoms with Crippen molar-refractivity contribution >= 4 is 5.91 Å². The molecule has 2 N–H and O–H groups in total. The average Bonchev–Trinajstić information content (AvgIpc) is 2.97. The van der Waals surface area contributed by atoms with Crippen LogP contribution in [0.5, 0.6) is 0 Å². The first-order valence-corrected chi connectivity index (χ1v) is 6.81. The van der Waals surface area contributed by atoms with Gasteiger partial charge >= 0.3 is 0 Å². The summed E-state index contributed by atoms with van der Waals surface area (Å²) in [6, 6.07) is 9.92. The van der Waals surface area contributed by atoms with Gasteiger partial charge in [0.05, 0.1) is 12.6 Å². The van der Waals surface area contributed by atoms with Crippen LogP contribution < -0.4 is 5.73 Å². The van der Waals surface area contributed by atoms with Gasteiger partial charge in [-0.25, -0.2) is 0 Å². The van der Waals surface area contributed by atoms with Crippen molar-refractivity contribution in [3.63, 3.8) is 0 Å². The van der Waals surface area contributed by atoms with E-state index >= 15 is 0 Å². The van der Waals surface area contributed by atoms with Crippen molar-refractivity contribution in [3.05, 3.63) is 53.9 Å². The molecule has 5 nitrogen and oxygen atoms in total. The lowest BCUT2D eigenvalue weighted by Gasteiger charge is -2.34. The number of fused-ring (bicyclic) bond motifs is 1. The Kier molecular flexibility index (Phi) is 3.52. The number of aromatic nitrogens is 2. The molecular weight excluding hydrogens is 252 g/mol. The maximum atomic E-state index is 11.7. The van der Waals surface area contributed by atoms with Gasteiger partial charge in [0.15, 0.2) is 0 Å². The first kappa shape index (κ1) is 12.9. The van der Waals surface area contributed by atoms with E-state index < -0.39 is 0 Å². The molecule has 0 aliphatic carbocycles. The number of hydrogen-bond donors (Lipinski definition) is 1. The molecule has 2 aromatic rings. The van der Waals surface area contributed by atoms with Crippen molar-refractivity contribution in [1.29, 1.82) is 0 Å². The summed E-state index contributed by atoms with van der Waals surface area (Å²) in [7, 11) is 0. The largest absolute Gasteiger partial charge is 0.368 e. The van der Waals surface area contributed by atoms with E-state index in [4.69, 9.17) is 5.73 Å². The Morgan fingerprint density at radius 2 is 2.05 bits per heavy atom. The predicted octanol–water partition coefficient (Wildman–Crippen LogP) is 0.795. The zero-order valence-electron chi connectivity index (χ0n) is 11.3. The van der Waals surface area contributed by atoms with Gasteiger partial charge < -0.3 is 5.73 Å². The second-order valence-corrected chi connectivity index (χ2v) is 5.13. The number of nitrogens with zero attached hydrogens (tertiary/aromatic N) is 3. The van der Waals surface area contributed by atoms with Crippen molar-refractivity contribution in [2.45, 2.75) is 25.6 Å². The average molecular weight is 270 g/mol. The predicted molar refractivity (Wildman–Crippen MR) is 75.8 cm³/mol. The van der Waals surface area contributed by atoms with Gasteiger partial charge in [0, 0.05) is 25.5 Å². The molecule has 1 aromatic carbocycles. The molecule has 1 aliphatic rings. The summed E-state index contributed by atoms with van der Waals surface area (Å²) in [5.41, 5.74) is 8.07. The summed E-state index contributed by atoms with van der Waals surface area (Å²) in [4.78, 5) is 13.8. The highest BCUT2D eigenvalue weighted by Crippen LogP contribution is 2.22. The molecule has 0 fully saturated rings. The van der Waals surface area contributed by atoms with Crippen molar-refractivity contribution < 1.29 is 4.79 Å². The van der Waals surface area contributed by atoms with Crippen LogP contribution in [0.2, 0.25) is 0 Å². The maximum absolute atomic E-state index is 11.7. The van der Waals surface area contributed by atoms with E-state index in [-0.39, 0.29) is 11.9 Å². The minimum absolute atomic E-state index is 0.222. The molecule has 0 saturated carbocycles. The third kappa shape index (κ3) is 2.58. The molecule has 1 atom stereocenters. The molecule has 5 heteroatoms. The molecule has 0 radical (unpaired) electrons. The summed E-state index contributed by atoms with van der Waals surface area (Å²) >= 11 is 0. The van der Waals surface area contributed by atoms with Crippen molar-refractivity contribution in [2.24, 2.45) is 5.73 Å². The van der Waals surface area contributed by atoms with E-state index in [0.29, 0.717) is 6.42 Å². The number of carbonyl (C=O) groups excluding carboxylic acids is 1. The van der Waals surface area contributed by atoms with E-state index in [1.54, 1.807) is 6.20 Å². The lowest BCUT2D eigenvalue weighted by Crippen LogP contribution is -2.49. The summed E-state index contributed by atoms with van der Waals surface area (Å²) in [6.07, 6.45) is 4.39. The van der Waals surface area contributed by atoms with Crippen LogP contribution >= 0.6 is 0 Å². The molecule has 0 saturated heterocycles. The molecule has 2 heterocycles. The molecule has 104 valence electrons. The number of benzene rings is 1. The highest BCUT2D eigenvalue weighted by atomic mass is 16.1. The molecule has 20 heavy (non-hydrogen) atoms. The number of primary amides is 1. The van der Waals surface area contributed by atoms with E-state index in [1.165, 1.54) is 11.1 Å². The zero-order valence-corrected chi connectivity index (χ0v) is 11.3. The Hall–Kier alpha value is -2.14. The van der Waals surface area contributed by atoms with Crippen LogP contribution in [0.3, 0.4) is 0 Å². The number of nitrogens with two attached hydrogens (primary N) is 1. The quantitative estimate of drug-likeness (QED) is 0.893. The Morgan fingerprint density at radius 3 is 2.75 bits per heavy atom. The van der Waals surface area contributed by atoms with Crippen LogP contribution in [0.4, 0.5) is 0 Å². The van der Waals surface area contributed by atoms with Crippen LogP contribution in [0.15, 0.2) is 42.7 Å². The van der Waals surface area contributed by atoms with Gasteiger partial charge in [-0.1, -0.05) is 24.3 Å². The lowest BCUT2D eigenvalue weighted by atomic mass is 9.93. The number of amides is 1. The topological polar surface area (TPSA) is 64.2 Å².